The van der Waals surface area contributed by atoms with Crippen LogP contribution >= 0.6 is 0 Å². The third kappa shape index (κ3) is 1.48. The fraction of sp³-hybridized carbons (Fsp3) is 0.231. The van der Waals surface area contributed by atoms with Crippen LogP contribution in [-0.4, -0.2) is 23.3 Å². The summed E-state index contributed by atoms with van der Waals surface area (Å²) >= 11 is 0. The maximum absolute atomic E-state index is 10.9. The lowest BCUT2D eigenvalue weighted by Crippen LogP contribution is -2.24. The molecule has 0 unspecified atom stereocenters. The van der Waals surface area contributed by atoms with Crippen LogP contribution < -0.4 is 9.84 Å². The summed E-state index contributed by atoms with van der Waals surface area (Å²) in [5.41, 5.74) is 3.61. The summed E-state index contributed by atoms with van der Waals surface area (Å²) in [5.74, 6) is -0.409. The Morgan fingerprint density at radius 3 is 3.00 bits per heavy atom. The van der Waals surface area contributed by atoms with Crippen molar-refractivity contribution < 1.29 is 14.6 Å². The van der Waals surface area contributed by atoms with E-state index in [1.54, 1.807) is 7.11 Å². The molecule has 0 atom stereocenters. The van der Waals surface area contributed by atoms with Gasteiger partial charge in [-0.2, -0.15) is 5.10 Å². The normalized spacial score (nSPS) is 12.7. The van der Waals surface area contributed by atoms with E-state index >= 15 is 0 Å². The van der Waals surface area contributed by atoms with E-state index in [0.29, 0.717) is 12.1 Å². The molecule has 92 valence electrons. The second kappa shape index (κ2) is 3.87. The highest BCUT2D eigenvalue weighted by atomic mass is 16.5. The van der Waals surface area contributed by atoms with E-state index in [9.17, 15) is 9.90 Å². The lowest BCUT2D eigenvalue weighted by molar-refractivity contribution is -0.255. The molecule has 1 N–H and O–H groups in total. The average molecular weight is 243 g/mol. The Kier molecular flexibility index (Phi) is 2.33. The van der Waals surface area contributed by atoms with Gasteiger partial charge >= 0.3 is 0 Å². The zero-order valence-corrected chi connectivity index (χ0v) is 9.82. The molecule has 1 aliphatic rings. The fourth-order valence-electron chi connectivity index (χ4n) is 2.39. The first-order chi connectivity index (χ1) is 8.70. The molecule has 5 heteroatoms. The molecule has 1 heterocycles. The number of nitrogens with one attached hydrogen (secondary N) is 1. The number of aromatic nitrogens is 2. The van der Waals surface area contributed by atoms with E-state index in [-0.39, 0.29) is 5.69 Å². The molecular formula is C13H11N2O3-. The Bertz CT molecular complexity index is 631. The van der Waals surface area contributed by atoms with Gasteiger partial charge in [-0.1, -0.05) is 0 Å². The van der Waals surface area contributed by atoms with E-state index in [2.05, 4.69) is 10.2 Å². The quantitative estimate of drug-likeness (QED) is 0.835. The van der Waals surface area contributed by atoms with E-state index in [1.807, 2.05) is 18.2 Å². The largest absolute Gasteiger partial charge is 0.543 e. The van der Waals surface area contributed by atoms with Crippen molar-refractivity contribution in [2.24, 2.45) is 0 Å². The Balaban J connectivity index is 2.15. The number of aromatic carboxylic acids is 1. The molecule has 0 aliphatic heterocycles. The number of hydrogen-bond donors (Lipinski definition) is 1. The van der Waals surface area contributed by atoms with Crippen LogP contribution in [0.5, 0.6) is 5.75 Å². The van der Waals surface area contributed by atoms with Crippen molar-refractivity contribution in [3.63, 3.8) is 0 Å². The molecule has 0 fully saturated rings. The van der Waals surface area contributed by atoms with Crippen LogP contribution in [0.2, 0.25) is 0 Å². The molecule has 0 amide bonds. The maximum atomic E-state index is 10.9. The number of aromatic amines is 1. The molecule has 0 bridgehead atoms. The highest BCUT2D eigenvalue weighted by Gasteiger charge is 2.22. The van der Waals surface area contributed by atoms with E-state index in [0.717, 1.165) is 28.9 Å². The zero-order chi connectivity index (χ0) is 12.7. The third-order valence-electron chi connectivity index (χ3n) is 3.28. The second-order valence-corrected chi connectivity index (χ2v) is 4.24. The van der Waals surface area contributed by atoms with Crippen LogP contribution in [0.4, 0.5) is 0 Å². The number of ether oxygens (including phenoxy) is 1. The molecule has 0 saturated heterocycles. The molecule has 5 nitrogen and oxygen atoms in total. The summed E-state index contributed by atoms with van der Waals surface area (Å²) in [7, 11) is 1.62. The third-order valence-corrected chi connectivity index (χ3v) is 3.28. The highest BCUT2D eigenvalue weighted by molar-refractivity contribution is 5.89. The van der Waals surface area contributed by atoms with Crippen LogP contribution in [0, 0.1) is 0 Å². The second-order valence-electron chi connectivity index (χ2n) is 4.24. The lowest BCUT2D eigenvalue weighted by Gasteiger charge is -2.17. The van der Waals surface area contributed by atoms with Gasteiger partial charge < -0.3 is 14.6 Å². The van der Waals surface area contributed by atoms with Gasteiger partial charge in [-0.3, -0.25) is 5.10 Å². The molecule has 18 heavy (non-hydrogen) atoms. The highest BCUT2D eigenvalue weighted by Crippen LogP contribution is 2.35. The minimum atomic E-state index is -1.21. The van der Waals surface area contributed by atoms with Gasteiger partial charge in [0, 0.05) is 11.1 Å². The predicted molar refractivity (Wildman–Crippen MR) is 62.3 cm³/mol. The number of carboxylic acid groups (broad SMARTS) is 1. The summed E-state index contributed by atoms with van der Waals surface area (Å²) < 4.78 is 5.18. The van der Waals surface area contributed by atoms with Crippen LogP contribution in [0.1, 0.15) is 21.6 Å². The number of carbonyl (C=O) groups is 1. The van der Waals surface area contributed by atoms with Gasteiger partial charge in [-0.15, -0.1) is 0 Å². The molecule has 0 radical (unpaired) electrons. The van der Waals surface area contributed by atoms with E-state index in [1.165, 1.54) is 0 Å². The molecule has 2 aromatic rings. The summed E-state index contributed by atoms with van der Waals surface area (Å²) in [6, 6.07) is 5.72. The van der Waals surface area contributed by atoms with Gasteiger partial charge in [0.15, 0.2) is 0 Å². The van der Waals surface area contributed by atoms with Gasteiger partial charge in [0.2, 0.25) is 0 Å². The van der Waals surface area contributed by atoms with Crippen molar-refractivity contribution in [1.29, 1.82) is 0 Å². The molecular weight excluding hydrogens is 232 g/mol. The van der Waals surface area contributed by atoms with Crippen LogP contribution in [0.3, 0.4) is 0 Å². The predicted octanol–water partition coefficient (Wildman–Crippen LogP) is 0.547. The number of H-pyrrole nitrogens is 1. The molecule has 0 spiro atoms. The van der Waals surface area contributed by atoms with Crippen molar-refractivity contribution in [3.8, 4) is 17.0 Å². The number of fused-ring (bicyclic) bond motifs is 3. The number of rotatable bonds is 2. The van der Waals surface area contributed by atoms with E-state index in [4.69, 9.17) is 4.74 Å². The zero-order valence-electron chi connectivity index (χ0n) is 9.82. The number of carboxylic acids is 1. The number of aryl methyl sites for hydroxylation is 1. The minimum Gasteiger partial charge on any atom is -0.543 e. The van der Waals surface area contributed by atoms with Crippen molar-refractivity contribution in [1.82, 2.24) is 10.2 Å². The molecule has 0 saturated carbocycles. The number of nitrogens with zero attached hydrogens (tertiary/aromatic N) is 1. The van der Waals surface area contributed by atoms with Crippen LogP contribution in [-0.2, 0) is 12.8 Å². The number of carbonyl (C=O) groups excluding carboxylic acids is 1. The van der Waals surface area contributed by atoms with Crippen LogP contribution in [0.25, 0.3) is 11.3 Å². The molecule has 1 aromatic heterocycles. The van der Waals surface area contributed by atoms with Crippen molar-refractivity contribution >= 4 is 5.97 Å². The SMILES string of the molecule is COc1ccc2c(c1)CCc1c-2n[nH]c1C(=O)[O-]. The summed E-state index contributed by atoms with van der Waals surface area (Å²) in [6.07, 6.45) is 1.43. The number of hydrogen-bond acceptors (Lipinski definition) is 4. The Morgan fingerprint density at radius 1 is 1.44 bits per heavy atom. The van der Waals surface area contributed by atoms with Crippen LogP contribution in [0.15, 0.2) is 18.2 Å². The first kappa shape index (κ1) is 10.8. The Labute approximate surface area is 103 Å². The summed E-state index contributed by atoms with van der Waals surface area (Å²) in [4.78, 5) is 10.9. The number of benzene rings is 1. The van der Waals surface area contributed by atoms with Gasteiger partial charge in [-0.05, 0) is 36.6 Å². The standard InChI is InChI=1S/C13H12N2O3/c1-18-8-3-5-9-7(6-8)2-4-10-11(9)14-15-12(10)13(16)17/h3,5-6H,2,4H2,1H3,(H,14,15)(H,16,17)/p-1. The smallest absolute Gasteiger partial charge is 0.119 e. The molecule has 3 rings (SSSR count). The van der Waals surface area contributed by atoms with Gasteiger partial charge in [-0.25, -0.2) is 0 Å². The molecule has 1 aliphatic carbocycles. The molecule has 1 aromatic carbocycles. The number of methoxy groups -OCH3 is 1. The van der Waals surface area contributed by atoms with Crippen molar-refractivity contribution in [2.45, 2.75) is 12.8 Å². The van der Waals surface area contributed by atoms with Crippen molar-refractivity contribution in [3.05, 3.63) is 35.0 Å². The van der Waals surface area contributed by atoms with Gasteiger partial charge in [0.25, 0.3) is 0 Å². The lowest BCUT2D eigenvalue weighted by atomic mass is 9.89. The van der Waals surface area contributed by atoms with Crippen molar-refractivity contribution in [2.75, 3.05) is 7.11 Å². The Morgan fingerprint density at radius 2 is 2.28 bits per heavy atom. The topological polar surface area (TPSA) is 78.0 Å². The van der Waals surface area contributed by atoms with Gasteiger partial charge in [0.1, 0.15) is 5.75 Å². The summed E-state index contributed by atoms with van der Waals surface area (Å²) in [6.45, 7) is 0. The fourth-order valence-corrected chi connectivity index (χ4v) is 2.39. The minimum absolute atomic E-state index is 0.0893. The van der Waals surface area contributed by atoms with E-state index < -0.39 is 5.97 Å². The Hall–Kier alpha value is -2.30. The summed E-state index contributed by atoms with van der Waals surface area (Å²) in [5, 5.41) is 17.6. The first-order valence-electron chi connectivity index (χ1n) is 5.66. The average Bonchev–Trinajstić information content (AvgIpc) is 2.82. The first-order valence-corrected chi connectivity index (χ1v) is 5.66. The monoisotopic (exact) mass is 243 g/mol. The maximum Gasteiger partial charge on any atom is 0.119 e. The van der Waals surface area contributed by atoms with Gasteiger partial charge in [0.05, 0.1) is 24.5 Å².